The smallest absolute Gasteiger partial charge is 0.258 e. The molecule has 5 unspecified atom stereocenters. The van der Waals surface area contributed by atoms with Crippen LogP contribution >= 0.6 is 0 Å². The van der Waals surface area contributed by atoms with Gasteiger partial charge in [-0.15, -0.1) is 0 Å². The molecule has 0 saturated heterocycles. The quantitative estimate of drug-likeness (QED) is 0.478. The summed E-state index contributed by atoms with van der Waals surface area (Å²) in [5.41, 5.74) is -0.259. The third kappa shape index (κ3) is 4.83. The van der Waals surface area contributed by atoms with Gasteiger partial charge in [-0.2, -0.15) is 10.1 Å². The van der Waals surface area contributed by atoms with Crippen molar-refractivity contribution in [1.82, 2.24) is 15.1 Å². The van der Waals surface area contributed by atoms with E-state index in [1.54, 1.807) is 43.1 Å². The first-order chi connectivity index (χ1) is 15.3. The lowest BCUT2D eigenvalue weighted by molar-refractivity contribution is 0.0902. The molecule has 174 valence electrons. The minimum absolute atomic E-state index is 0.103. The number of isocyanates is 1. The van der Waals surface area contributed by atoms with Crippen LogP contribution in [0.3, 0.4) is 0 Å². The summed E-state index contributed by atoms with van der Waals surface area (Å²) < 4.78 is 7.59. The molecule has 7 nitrogen and oxygen atoms in total. The number of carbonyl (C=O) groups excluding carboxylic acids is 2. The van der Waals surface area contributed by atoms with Gasteiger partial charge in [0.15, 0.2) is 0 Å². The van der Waals surface area contributed by atoms with Crippen molar-refractivity contribution in [1.29, 1.82) is 0 Å². The van der Waals surface area contributed by atoms with Crippen LogP contribution in [-0.4, -0.2) is 40.0 Å². The third-order valence-electron chi connectivity index (χ3n) is 7.41. The highest BCUT2D eigenvalue weighted by Crippen LogP contribution is 2.53. The zero-order chi connectivity index (χ0) is 22.9. The van der Waals surface area contributed by atoms with E-state index >= 15 is 0 Å². The fourth-order valence-corrected chi connectivity index (χ4v) is 5.98. The molecule has 3 aliphatic carbocycles. The summed E-state index contributed by atoms with van der Waals surface area (Å²) in [6.07, 6.45) is 14.4. The van der Waals surface area contributed by atoms with Gasteiger partial charge in [0, 0.05) is 12.2 Å². The first-order valence-electron chi connectivity index (χ1n) is 12.1. The molecule has 7 heteroatoms. The molecule has 4 rings (SSSR count). The van der Waals surface area contributed by atoms with Gasteiger partial charge < -0.3 is 10.1 Å². The highest BCUT2D eigenvalue weighted by Gasteiger charge is 2.49. The molecule has 3 saturated carbocycles. The van der Waals surface area contributed by atoms with Crippen molar-refractivity contribution in [3.8, 4) is 5.88 Å². The van der Waals surface area contributed by atoms with Gasteiger partial charge in [-0.3, -0.25) is 4.79 Å². The van der Waals surface area contributed by atoms with Crippen molar-refractivity contribution in [3.63, 3.8) is 0 Å². The molecule has 3 aliphatic rings. The molecule has 0 aromatic carbocycles. The molecule has 1 heterocycles. The van der Waals surface area contributed by atoms with Crippen molar-refractivity contribution in [2.75, 3.05) is 6.61 Å². The SMILES string of the molecule is CC(C)COc1c(C(=O)NC2C3CC4CCCC2C(C4)C3)cnn1/C=C/C(C)(C)N=C=O. The van der Waals surface area contributed by atoms with Crippen LogP contribution in [0.2, 0.25) is 0 Å². The largest absolute Gasteiger partial charge is 0.477 e. The fourth-order valence-electron chi connectivity index (χ4n) is 5.98. The molecule has 5 atom stereocenters. The van der Waals surface area contributed by atoms with E-state index in [1.807, 2.05) is 0 Å². The van der Waals surface area contributed by atoms with Gasteiger partial charge in [0.1, 0.15) is 5.56 Å². The maximum absolute atomic E-state index is 13.4. The molecule has 3 bridgehead atoms. The number of aliphatic imine (C=N–C) groups is 1. The topological polar surface area (TPSA) is 85.6 Å². The summed E-state index contributed by atoms with van der Waals surface area (Å²) in [6, 6.07) is 0.260. The highest BCUT2D eigenvalue weighted by atomic mass is 16.5. The van der Waals surface area contributed by atoms with Crippen LogP contribution in [0.25, 0.3) is 6.20 Å². The monoisotopic (exact) mass is 440 g/mol. The van der Waals surface area contributed by atoms with Gasteiger partial charge in [0.05, 0.1) is 18.3 Å². The number of hydrogen-bond donors (Lipinski definition) is 1. The first kappa shape index (κ1) is 22.8. The van der Waals surface area contributed by atoms with Crippen molar-refractivity contribution >= 4 is 18.2 Å². The van der Waals surface area contributed by atoms with E-state index in [2.05, 4.69) is 29.3 Å². The Bertz CT molecular complexity index is 912. The maximum Gasteiger partial charge on any atom is 0.258 e. The molecule has 0 spiro atoms. The van der Waals surface area contributed by atoms with E-state index in [4.69, 9.17) is 4.74 Å². The molecular weight excluding hydrogens is 404 g/mol. The maximum atomic E-state index is 13.4. The molecule has 3 fully saturated rings. The number of nitrogens with zero attached hydrogens (tertiary/aromatic N) is 3. The average molecular weight is 441 g/mol. The van der Waals surface area contributed by atoms with E-state index < -0.39 is 5.54 Å². The molecule has 0 aliphatic heterocycles. The van der Waals surface area contributed by atoms with E-state index in [0.717, 1.165) is 11.8 Å². The summed E-state index contributed by atoms with van der Waals surface area (Å²) in [7, 11) is 0. The Hall–Kier alpha value is -2.40. The summed E-state index contributed by atoms with van der Waals surface area (Å²) in [5, 5.41) is 7.78. The number of nitrogens with one attached hydrogen (secondary N) is 1. The van der Waals surface area contributed by atoms with Crippen LogP contribution < -0.4 is 10.1 Å². The predicted molar refractivity (Wildman–Crippen MR) is 123 cm³/mol. The van der Waals surface area contributed by atoms with Crippen LogP contribution in [0.4, 0.5) is 0 Å². The molecule has 1 aromatic rings. The number of ether oxygens (including phenoxy) is 1. The van der Waals surface area contributed by atoms with Gasteiger partial charge in [-0.05, 0) is 75.2 Å². The van der Waals surface area contributed by atoms with Crippen LogP contribution in [-0.2, 0) is 4.79 Å². The zero-order valence-corrected chi connectivity index (χ0v) is 19.7. The van der Waals surface area contributed by atoms with E-state index in [0.29, 0.717) is 35.8 Å². The molecule has 1 amide bonds. The second-order valence-electron chi connectivity index (χ2n) is 10.9. The van der Waals surface area contributed by atoms with Crippen molar-refractivity contribution in [2.45, 2.75) is 77.8 Å². The van der Waals surface area contributed by atoms with Crippen molar-refractivity contribution in [2.24, 2.45) is 34.6 Å². The Balaban J connectivity index is 1.55. The Morgan fingerprint density at radius 2 is 2.12 bits per heavy atom. The summed E-state index contributed by atoms with van der Waals surface area (Å²) >= 11 is 0. The molecule has 1 N–H and O–H groups in total. The van der Waals surface area contributed by atoms with Crippen LogP contribution in [0.5, 0.6) is 5.88 Å². The Morgan fingerprint density at radius 1 is 1.34 bits per heavy atom. The number of carbonyl (C=O) groups is 1. The molecular formula is C25H36N4O3. The van der Waals surface area contributed by atoms with Gasteiger partial charge >= 0.3 is 0 Å². The predicted octanol–water partition coefficient (Wildman–Crippen LogP) is 4.45. The van der Waals surface area contributed by atoms with E-state index in [9.17, 15) is 9.59 Å². The highest BCUT2D eigenvalue weighted by molar-refractivity contribution is 5.96. The molecule has 1 aromatic heterocycles. The fraction of sp³-hybridized carbons (Fsp3) is 0.720. The molecule has 0 radical (unpaired) electrons. The zero-order valence-electron chi connectivity index (χ0n) is 19.7. The second-order valence-corrected chi connectivity index (χ2v) is 10.9. The standard InChI is InChI=1S/C25H36N4O3/c1-16(2)14-32-24-21(13-27-29(24)9-8-25(3,4)26-15-30)23(31)28-22-19-11-17-6-5-7-20(22)18(10-17)12-19/h8-9,13,16-20,22H,5-7,10-12,14H2,1-4H3,(H,28,31)/b9-8+. The van der Waals surface area contributed by atoms with Crippen LogP contribution in [0.15, 0.2) is 17.3 Å². The first-order valence-corrected chi connectivity index (χ1v) is 12.1. The Labute approximate surface area is 190 Å². The average Bonchev–Trinajstić information content (AvgIpc) is 3.19. The molecule has 32 heavy (non-hydrogen) atoms. The number of fused-ring (bicyclic) bond motifs is 2. The van der Waals surface area contributed by atoms with Gasteiger partial charge in [-0.1, -0.05) is 26.7 Å². The number of rotatable bonds is 8. The van der Waals surface area contributed by atoms with Gasteiger partial charge in [-0.25, -0.2) is 9.48 Å². The van der Waals surface area contributed by atoms with Gasteiger partial charge in [0.2, 0.25) is 12.0 Å². The second kappa shape index (κ2) is 9.22. The van der Waals surface area contributed by atoms with E-state index in [1.165, 1.54) is 38.5 Å². The Kier molecular flexibility index (Phi) is 6.57. The number of hydrogen-bond acceptors (Lipinski definition) is 5. The van der Waals surface area contributed by atoms with Crippen LogP contribution in [0, 0.1) is 29.6 Å². The number of amides is 1. The lowest BCUT2D eigenvalue weighted by atomic mass is 9.79. The minimum atomic E-state index is -0.718. The minimum Gasteiger partial charge on any atom is -0.477 e. The van der Waals surface area contributed by atoms with Gasteiger partial charge in [0.25, 0.3) is 5.91 Å². The lowest BCUT2D eigenvalue weighted by Gasteiger charge is -2.30. The lowest BCUT2D eigenvalue weighted by Crippen LogP contribution is -2.42. The van der Waals surface area contributed by atoms with Crippen LogP contribution in [0.1, 0.15) is 76.6 Å². The normalized spacial score (nSPS) is 29.2. The van der Waals surface area contributed by atoms with Crippen molar-refractivity contribution < 1.29 is 14.3 Å². The summed E-state index contributed by atoms with van der Waals surface area (Å²) in [5.74, 6) is 3.46. The summed E-state index contributed by atoms with van der Waals surface area (Å²) in [6.45, 7) is 8.21. The summed E-state index contributed by atoms with van der Waals surface area (Å²) in [4.78, 5) is 27.8. The van der Waals surface area contributed by atoms with Crippen molar-refractivity contribution in [3.05, 3.63) is 17.8 Å². The Morgan fingerprint density at radius 3 is 2.88 bits per heavy atom. The van der Waals surface area contributed by atoms with E-state index in [-0.39, 0.29) is 11.9 Å². The number of aromatic nitrogens is 2. The third-order valence-corrected chi connectivity index (χ3v) is 7.41.